The number of rotatable bonds is 6. The molecule has 0 amide bonds. The van der Waals surface area contributed by atoms with Crippen LogP contribution in [-0.2, 0) is 31.9 Å². The van der Waals surface area contributed by atoms with Crippen LogP contribution in [0.2, 0.25) is 0 Å². The zero-order valence-corrected chi connectivity index (χ0v) is 35.5. The molecule has 0 saturated heterocycles. The Hall–Kier alpha value is -5.57. The fourth-order valence-electron chi connectivity index (χ4n) is 7.04. The van der Waals surface area contributed by atoms with Gasteiger partial charge in [0.2, 0.25) is 0 Å². The van der Waals surface area contributed by atoms with Crippen LogP contribution in [0.5, 0.6) is 5.75 Å². The Kier molecular flexibility index (Phi) is 8.26. The van der Waals surface area contributed by atoms with E-state index in [9.17, 15) is 6.48 Å². The van der Waals surface area contributed by atoms with Crippen LogP contribution in [0.3, 0.4) is 0 Å². The molecule has 288 valence electrons. The molecular weight excluding hydrogens is 878 g/mol. The Balaban J connectivity index is 0.00000630. The second kappa shape index (κ2) is 15.4. The van der Waals surface area contributed by atoms with Crippen LogP contribution in [0, 0.1) is 19.9 Å². The van der Waals surface area contributed by atoms with Crippen LogP contribution in [0.4, 0.5) is 0 Å². The molecule has 5 heteroatoms. The van der Waals surface area contributed by atoms with Crippen molar-refractivity contribution < 1.29 is 37.1 Å². The summed E-state index contributed by atoms with van der Waals surface area (Å²) in [5, 5.41) is 11.9. The molecule has 0 atom stereocenters. The number of hydrogen-bond donors (Lipinski definition) is 1. The van der Waals surface area contributed by atoms with Gasteiger partial charge in [0, 0.05) is 38.5 Å². The van der Waals surface area contributed by atoms with Gasteiger partial charge in [-0.2, -0.15) is 0 Å². The molecule has 8 aromatic rings. The molecule has 0 saturated carbocycles. The van der Waals surface area contributed by atoms with Crippen molar-refractivity contribution in [3.05, 3.63) is 168 Å². The Morgan fingerprint density at radius 2 is 1.37 bits per heavy atom. The van der Waals surface area contributed by atoms with E-state index in [1.165, 1.54) is 0 Å². The zero-order valence-electron chi connectivity index (χ0n) is 41.3. The van der Waals surface area contributed by atoms with Gasteiger partial charge in [-0.15, -0.1) is 29.3 Å². The second-order valence-corrected chi connectivity index (χ2v) is 16.4. The third kappa shape index (κ3) is 7.76. The first-order valence-electron chi connectivity index (χ1n) is 22.7. The van der Waals surface area contributed by atoms with Gasteiger partial charge in [0.1, 0.15) is 11.6 Å². The molecule has 6 aromatic carbocycles. The van der Waals surface area contributed by atoms with Crippen LogP contribution in [0.1, 0.15) is 74.8 Å². The molecule has 4 nitrogen and oxygen atoms in total. The summed E-state index contributed by atoms with van der Waals surface area (Å²) in [7, 11) is 0. The van der Waals surface area contributed by atoms with Crippen LogP contribution in [-0.4, -0.2) is 19.6 Å². The maximum Gasteiger partial charge on any atom is 0.148 e. The number of phenols is 1. The fraction of sp³-hybridized carbons (Fsp3) is 0.192. The Morgan fingerprint density at radius 3 is 2.09 bits per heavy atom. The van der Waals surface area contributed by atoms with E-state index in [4.69, 9.17) is 14.6 Å². The summed E-state index contributed by atoms with van der Waals surface area (Å²) >= 11 is 0. The van der Waals surface area contributed by atoms with E-state index in [0.29, 0.717) is 33.6 Å². The predicted octanol–water partition coefficient (Wildman–Crippen LogP) is 13.5. The third-order valence-corrected chi connectivity index (χ3v) is 10.2. The molecule has 0 aliphatic heterocycles. The van der Waals surface area contributed by atoms with Crippen molar-refractivity contribution in [2.75, 3.05) is 0 Å². The van der Waals surface area contributed by atoms with Crippen molar-refractivity contribution in [2.45, 2.75) is 66.2 Å². The van der Waals surface area contributed by atoms with Crippen LogP contribution >= 0.6 is 0 Å². The monoisotopic (exact) mass is 933 g/mol. The Labute approximate surface area is 362 Å². The first-order valence-corrected chi connectivity index (χ1v) is 18.7. The number of aromatic nitrogens is 3. The first-order chi connectivity index (χ1) is 30.1. The molecule has 0 aliphatic rings. The summed E-state index contributed by atoms with van der Waals surface area (Å²) in [6.45, 7) is 16.5. The van der Waals surface area contributed by atoms with E-state index in [1.54, 1.807) is 0 Å². The van der Waals surface area contributed by atoms with E-state index < -0.39 is 47.8 Å². The molecule has 0 bridgehead atoms. The summed E-state index contributed by atoms with van der Waals surface area (Å²) in [4.78, 5) is 9.85. The van der Waals surface area contributed by atoms with Crippen molar-refractivity contribution >= 4 is 11.0 Å². The molecule has 8 rings (SSSR count). The molecule has 0 aliphatic carbocycles. The predicted molar refractivity (Wildman–Crippen MR) is 233 cm³/mol. The number of fused-ring (bicyclic) bond motifs is 1. The number of benzene rings is 6. The van der Waals surface area contributed by atoms with Gasteiger partial charge in [0.05, 0.1) is 33.3 Å². The largest absolute Gasteiger partial charge is 0.507 e. The molecule has 57 heavy (non-hydrogen) atoms. The third-order valence-electron chi connectivity index (χ3n) is 10.2. The van der Waals surface area contributed by atoms with E-state index in [-0.39, 0.29) is 55.1 Å². The molecule has 0 fully saturated rings. The zero-order chi connectivity index (χ0) is 46.3. The van der Waals surface area contributed by atoms with Gasteiger partial charge in [0.25, 0.3) is 0 Å². The maximum atomic E-state index is 11.9. The summed E-state index contributed by atoms with van der Waals surface area (Å²) in [6.07, 6.45) is -0.519. The number of imidazole rings is 1. The van der Waals surface area contributed by atoms with Crippen molar-refractivity contribution in [1.82, 2.24) is 14.5 Å². The van der Waals surface area contributed by atoms with Gasteiger partial charge in [-0.1, -0.05) is 149 Å². The number of para-hydroxylation sites is 1. The second-order valence-electron chi connectivity index (χ2n) is 16.4. The summed E-state index contributed by atoms with van der Waals surface area (Å²) < 4.78 is 71.3. The Bertz CT molecular complexity index is 3180. The van der Waals surface area contributed by atoms with Crippen LogP contribution in [0.25, 0.3) is 72.7 Å². The SMILES string of the molecule is [2H]c1nc(-c2[c-]c(-c3cccc4c3nc(-c3cc(C(C)(C)C)cc(C)c3O)n4-c3ccc(C)cc3-c3ccccc3)cc(C(C)(C)C)c2)c([2H])c(-c2c([2H])c([2H])c([2H])c([2H])c2[2H])c1[2H].[Pt]. The van der Waals surface area contributed by atoms with Crippen molar-refractivity contribution in [1.29, 1.82) is 0 Å². The van der Waals surface area contributed by atoms with Gasteiger partial charge in [0.15, 0.2) is 0 Å². The van der Waals surface area contributed by atoms with Gasteiger partial charge < -0.3 is 5.11 Å². The summed E-state index contributed by atoms with van der Waals surface area (Å²) in [5.41, 5.74) is 8.76. The maximum absolute atomic E-state index is 11.9. The molecular formula is C52H48N3OPt-. The van der Waals surface area contributed by atoms with Gasteiger partial charge >= 0.3 is 0 Å². The quantitative estimate of drug-likeness (QED) is 0.169. The molecule has 0 unspecified atom stereocenters. The van der Waals surface area contributed by atoms with E-state index in [2.05, 4.69) is 94.4 Å². The standard InChI is InChI=1S/C52H48N3O.Pt/c1-33-22-23-46(43(26-33)36-18-13-10-14-19-36)55-47-21-15-20-42(48(47)54-50(55)44-32-40(51(3,4)5)27-34(2)49(44)56)38-28-39(30-41(29-38)52(6,7)8)45-31-37(24-25-53-45)35-16-11-9-12-17-35;/h9-27,29-32,56H,1-8H3;/q-1;/i9D,11D,12D,16D,17D,24D,25D,31D;. The summed E-state index contributed by atoms with van der Waals surface area (Å²) in [5.74, 6) is 0.654. The van der Waals surface area contributed by atoms with Crippen molar-refractivity contribution in [3.63, 3.8) is 0 Å². The average molecular weight is 934 g/mol. The van der Waals surface area contributed by atoms with Gasteiger partial charge in [-0.05, 0) is 82.8 Å². The molecule has 2 aromatic heterocycles. The number of phenolic OH excluding ortho intramolecular Hbond substituents is 1. The van der Waals surface area contributed by atoms with E-state index in [1.807, 2.05) is 67.6 Å². The number of hydrogen-bond acceptors (Lipinski definition) is 3. The van der Waals surface area contributed by atoms with E-state index >= 15 is 0 Å². The number of pyridine rings is 1. The molecule has 1 N–H and O–H groups in total. The van der Waals surface area contributed by atoms with Crippen molar-refractivity contribution in [2.24, 2.45) is 0 Å². The van der Waals surface area contributed by atoms with Crippen LogP contribution < -0.4 is 0 Å². The molecule has 2 heterocycles. The minimum atomic E-state index is -0.606. The Morgan fingerprint density at radius 1 is 0.667 bits per heavy atom. The smallest absolute Gasteiger partial charge is 0.148 e. The van der Waals surface area contributed by atoms with Crippen molar-refractivity contribution in [3.8, 4) is 67.5 Å². The normalized spacial score (nSPS) is 13.8. The topological polar surface area (TPSA) is 50.9 Å². The van der Waals surface area contributed by atoms with Gasteiger partial charge in [-0.3, -0.25) is 9.55 Å². The summed E-state index contributed by atoms with van der Waals surface area (Å²) in [6, 6.07) is 29.9. The van der Waals surface area contributed by atoms with E-state index in [0.717, 1.165) is 44.6 Å². The number of aromatic hydroxyl groups is 1. The molecule has 0 radical (unpaired) electrons. The number of nitrogens with zero attached hydrogens (tertiary/aromatic N) is 3. The fourth-order valence-corrected chi connectivity index (χ4v) is 7.04. The average Bonchev–Trinajstić information content (AvgIpc) is 3.64. The van der Waals surface area contributed by atoms with Gasteiger partial charge in [-0.25, -0.2) is 4.98 Å². The minimum absolute atomic E-state index is 0. The first kappa shape index (κ1) is 30.6. The minimum Gasteiger partial charge on any atom is -0.507 e. The molecule has 0 spiro atoms. The number of aryl methyl sites for hydroxylation is 2. The van der Waals surface area contributed by atoms with Crippen LogP contribution in [0.15, 0.2) is 139 Å².